The Kier molecular flexibility index (Phi) is 5.10. The first-order valence-electron chi connectivity index (χ1n) is 8.20. The van der Waals surface area contributed by atoms with E-state index >= 15 is 0 Å². The molecule has 1 aromatic heterocycles. The third-order valence-corrected chi connectivity index (χ3v) is 4.42. The minimum absolute atomic E-state index is 0.318. The molecule has 1 N–H and O–H groups in total. The number of hydrogen-bond donors (Lipinski definition) is 1. The number of rotatable bonds is 4. The molecule has 4 heteroatoms. The quantitative estimate of drug-likeness (QED) is 0.648. The van der Waals surface area contributed by atoms with Gasteiger partial charge in [0.05, 0.1) is 5.56 Å². The van der Waals surface area contributed by atoms with Crippen molar-refractivity contribution in [3.63, 3.8) is 0 Å². The highest BCUT2D eigenvalue weighted by atomic mass is 32.1. The van der Waals surface area contributed by atoms with Crippen molar-refractivity contribution in [3.05, 3.63) is 94.0 Å². The van der Waals surface area contributed by atoms with Gasteiger partial charge in [-0.1, -0.05) is 68.2 Å². The second-order valence-corrected chi connectivity index (χ2v) is 6.15. The average molecular weight is 349 g/mol. The summed E-state index contributed by atoms with van der Waals surface area (Å²) in [4.78, 5) is 12.6. The number of thiocarbonyl (C=S) groups is 1. The zero-order valence-electron chi connectivity index (χ0n) is 14.0. The summed E-state index contributed by atoms with van der Waals surface area (Å²) in [5.74, 6) is 0. The van der Waals surface area contributed by atoms with Gasteiger partial charge in [0.1, 0.15) is 10.6 Å². The number of hydrogen-bond acceptors (Lipinski definition) is 3. The van der Waals surface area contributed by atoms with Gasteiger partial charge in [-0.25, -0.2) is 4.79 Å². The monoisotopic (exact) mass is 349 g/mol. The first-order valence-corrected chi connectivity index (χ1v) is 8.60. The molecule has 0 atom stereocenters. The van der Waals surface area contributed by atoms with Crippen LogP contribution in [-0.2, 0) is 6.42 Å². The van der Waals surface area contributed by atoms with E-state index in [-0.39, 0.29) is 0 Å². The Morgan fingerprint density at radius 2 is 2.20 bits per heavy atom. The standard InChI is InChI=1S/C21H19NO2S/c1-3-15-11-8-12-19-17(15)13-18(21(23)24-19)20(25)22-14(2)16-9-6-4-5-7-10-16/h4-6,8-13H,2-3,7H2,1H3,(H,22,25). The van der Waals surface area contributed by atoms with E-state index < -0.39 is 5.63 Å². The van der Waals surface area contributed by atoms with E-state index in [1.807, 2.05) is 36.4 Å². The lowest BCUT2D eigenvalue weighted by Gasteiger charge is -2.12. The lowest BCUT2D eigenvalue weighted by molar-refractivity contribution is 0.559. The van der Waals surface area contributed by atoms with Gasteiger partial charge in [-0.2, -0.15) is 0 Å². The molecule has 0 saturated carbocycles. The molecule has 1 heterocycles. The van der Waals surface area contributed by atoms with Crippen LogP contribution in [0, 0.1) is 0 Å². The van der Waals surface area contributed by atoms with E-state index in [1.54, 1.807) is 6.07 Å². The lowest BCUT2D eigenvalue weighted by atomic mass is 10.1. The zero-order valence-corrected chi connectivity index (χ0v) is 14.9. The topological polar surface area (TPSA) is 42.2 Å². The molecule has 0 saturated heterocycles. The van der Waals surface area contributed by atoms with Gasteiger partial charge in [0, 0.05) is 11.1 Å². The summed E-state index contributed by atoms with van der Waals surface area (Å²) in [7, 11) is 0. The average Bonchev–Trinajstić information content (AvgIpc) is 2.89. The van der Waals surface area contributed by atoms with Gasteiger partial charge in [0.15, 0.2) is 0 Å². The van der Waals surface area contributed by atoms with E-state index in [4.69, 9.17) is 16.6 Å². The van der Waals surface area contributed by atoms with Crippen molar-refractivity contribution in [1.29, 1.82) is 0 Å². The Labute approximate surface area is 152 Å². The van der Waals surface area contributed by atoms with E-state index in [2.05, 4.69) is 31.0 Å². The van der Waals surface area contributed by atoms with Gasteiger partial charge < -0.3 is 9.73 Å². The predicted molar refractivity (Wildman–Crippen MR) is 107 cm³/mol. The van der Waals surface area contributed by atoms with E-state index in [1.165, 1.54) is 0 Å². The van der Waals surface area contributed by atoms with E-state index in [0.717, 1.165) is 29.4 Å². The van der Waals surface area contributed by atoms with Crippen molar-refractivity contribution < 1.29 is 4.42 Å². The van der Waals surface area contributed by atoms with Gasteiger partial charge in [-0.15, -0.1) is 0 Å². The molecule has 1 aliphatic rings. The van der Waals surface area contributed by atoms with Crippen molar-refractivity contribution in [2.45, 2.75) is 19.8 Å². The Balaban J connectivity index is 1.92. The molecule has 0 bridgehead atoms. The largest absolute Gasteiger partial charge is 0.422 e. The molecule has 0 radical (unpaired) electrons. The normalized spacial score (nSPS) is 13.4. The Bertz CT molecular complexity index is 993. The summed E-state index contributed by atoms with van der Waals surface area (Å²) in [5, 5.41) is 3.98. The van der Waals surface area contributed by atoms with Crippen molar-refractivity contribution in [3.8, 4) is 0 Å². The van der Waals surface area contributed by atoms with E-state index in [9.17, 15) is 4.79 Å². The molecule has 0 fully saturated rings. The Hall–Kier alpha value is -2.72. The van der Waals surface area contributed by atoms with Crippen molar-refractivity contribution in [2.24, 2.45) is 0 Å². The van der Waals surface area contributed by atoms with Gasteiger partial charge in [0.25, 0.3) is 0 Å². The molecule has 2 aromatic rings. The molecular weight excluding hydrogens is 330 g/mol. The number of allylic oxidation sites excluding steroid dienone is 5. The summed E-state index contributed by atoms with van der Waals surface area (Å²) >= 11 is 5.43. The molecular formula is C21H19NO2S. The molecule has 0 amide bonds. The maximum atomic E-state index is 12.3. The highest BCUT2D eigenvalue weighted by molar-refractivity contribution is 7.80. The fourth-order valence-corrected chi connectivity index (χ4v) is 3.01. The number of benzene rings is 1. The molecule has 3 nitrogen and oxygen atoms in total. The summed E-state index contributed by atoms with van der Waals surface area (Å²) < 4.78 is 5.45. The van der Waals surface area contributed by atoms with Gasteiger partial charge in [-0.05, 0) is 36.1 Å². The van der Waals surface area contributed by atoms with Crippen LogP contribution in [0.2, 0.25) is 0 Å². The van der Waals surface area contributed by atoms with Crippen molar-refractivity contribution in [1.82, 2.24) is 5.32 Å². The SMILES string of the molecule is C=C(NC(=S)c1cc2c(CC)cccc2oc1=O)C1=CCC=CC=C1. The number of nitrogens with one attached hydrogen (secondary N) is 1. The van der Waals surface area contributed by atoms with Crippen molar-refractivity contribution >= 4 is 28.2 Å². The van der Waals surface area contributed by atoms with Gasteiger partial charge in [-0.3, -0.25) is 0 Å². The molecule has 3 rings (SSSR count). The van der Waals surface area contributed by atoms with Gasteiger partial charge in [0.2, 0.25) is 0 Å². The highest BCUT2D eigenvalue weighted by Gasteiger charge is 2.13. The lowest BCUT2D eigenvalue weighted by Crippen LogP contribution is -2.27. The molecule has 25 heavy (non-hydrogen) atoms. The van der Waals surface area contributed by atoms with Crippen LogP contribution in [0.15, 0.2) is 81.7 Å². The first-order chi connectivity index (χ1) is 12.1. The fourth-order valence-electron chi connectivity index (χ4n) is 2.75. The van der Waals surface area contributed by atoms with Crippen LogP contribution in [0.1, 0.15) is 24.5 Å². The smallest absolute Gasteiger partial charge is 0.346 e. The second kappa shape index (κ2) is 7.45. The first kappa shape index (κ1) is 17.1. The van der Waals surface area contributed by atoms with Crippen LogP contribution in [0.3, 0.4) is 0 Å². The molecule has 0 aliphatic heterocycles. The van der Waals surface area contributed by atoms with E-state index in [0.29, 0.717) is 21.8 Å². The molecule has 0 spiro atoms. The minimum Gasteiger partial charge on any atom is -0.422 e. The van der Waals surface area contributed by atoms with Crippen molar-refractivity contribution in [2.75, 3.05) is 0 Å². The zero-order chi connectivity index (χ0) is 17.8. The Morgan fingerprint density at radius 1 is 1.36 bits per heavy atom. The highest BCUT2D eigenvalue weighted by Crippen LogP contribution is 2.20. The summed E-state index contributed by atoms with van der Waals surface area (Å²) in [6.07, 6.45) is 11.7. The molecule has 1 aliphatic carbocycles. The van der Waals surface area contributed by atoms with Crippen LogP contribution in [0.4, 0.5) is 0 Å². The molecule has 0 unspecified atom stereocenters. The minimum atomic E-state index is -0.446. The second-order valence-electron chi connectivity index (χ2n) is 5.75. The summed E-state index contributed by atoms with van der Waals surface area (Å²) in [6.45, 7) is 6.10. The maximum absolute atomic E-state index is 12.3. The third-order valence-electron chi connectivity index (χ3n) is 4.10. The Morgan fingerprint density at radius 3 is 3.00 bits per heavy atom. The van der Waals surface area contributed by atoms with Crippen LogP contribution in [-0.4, -0.2) is 4.99 Å². The molecule has 126 valence electrons. The van der Waals surface area contributed by atoms with Crippen LogP contribution in [0.5, 0.6) is 0 Å². The number of fused-ring (bicyclic) bond motifs is 1. The summed E-state index contributed by atoms with van der Waals surface area (Å²) in [6, 6.07) is 7.52. The maximum Gasteiger partial charge on any atom is 0.346 e. The third kappa shape index (κ3) is 3.69. The predicted octanol–water partition coefficient (Wildman–Crippen LogP) is 4.58. The van der Waals surface area contributed by atoms with Gasteiger partial charge >= 0.3 is 5.63 Å². The molecule has 1 aromatic carbocycles. The fraction of sp³-hybridized carbons (Fsp3) is 0.143. The van der Waals surface area contributed by atoms with Crippen LogP contribution >= 0.6 is 12.2 Å². The van der Waals surface area contributed by atoms with Crippen LogP contribution in [0.25, 0.3) is 11.0 Å². The summed E-state index contributed by atoms with van der Waals surface area (Å²) in [5.41, 5.74) is 3.21. The number of aryl methyl sites for hydroxylation is 1. The van der Waals surface area contributed by atoms with Crippen LogP contribution < -0.4 is 10.9 Å².